The van der Waals surface area contributed by atoms with Gasteiger partial charge in [0, 0.05) is 20.5 Å². The molecule has 4 nitrogen and oxygen atoms in total. The lowest BCUT2D eigenvalue weighted by molar-refractivity contribution is -0.116. The first-order valence-corrected chi connectivity index (χ1v) is 5.75. The highest BCUT2D eigenvalue weighted by molar-refractivity contribution is 5.94. The summed E-state index contributed by atoms with van der Waals surface area (Å²) in [6.45, 7) is 1.68. The maximum absolute atomic E-state index is 11.7. The molecule has 0 aromatic heterocycles. The van der Waals surface area contributed by atoms with E-state index in [1.807, 2.05) is 43.3 Å². The van der Waals surface area contributed by atoms with Crippen molar-refractivity contribution in [3.63, 3.8) is 0 Å². The van der Waals surface area contributed by atoms with Crippen LogP contribution in [0.2, 0.25) is 0 Å². The minimum atomic E-state index is -0.440. The summed E-state index contributed by atoms with van der Waals surface area (Å²) in [6, 6.07) is 7.64. The van der Waals surface area contributed by atoms with Crippen molar-refractivity contribution >= 4 is 17.3 Å². The van der Waals surface area contributed by atoms with E-state index in [4.69, 9.17) is 5.11 Å². The van der Waals surface area contributed by atoms with Crippen molar-refractivity contribution in [1.29, 1.82) is 0 Å². The van der Waals surface area contributed by atoms with Crippen LogP contribution in [0.1, 0.15) is 19.8 Å². The van der Waals surface area contributed by atoms with E-state index in [2.05, 4.69) is 5.32 Å². The number of anilines is 2. The molecule has 1 aromatic rings. The quantitative estimate of drug-likeness (QED) is 0.820. The van der Waals surface area contributed by atoms with Gasteiger partial charge in [0.2, 0.25) is 5.91 Å². The molecule has 0 saturated heterocycles. The second-order valence-electron chi connectivity index (χ2n) is 4.35. The summed E-state index contributed by atoms with van der Waals surface area (Å²) < 4.78 is 0. The molecular formula is C13H20N2O2. The number of hydrogen-bond donors (Lipinski definition) is 2. The molecule has 0 saturated carbocycles. The molecule has 0 radical (unpaired) electrons. The third-order valence-electron chi connectivity index (χ3n) is 2.45. The minimum absolute atomic E-state index is 0.0693. The Kier molecular flexibility index (Phi) is 4.97. The van der Waals surface area contributed by atoms with Crippen LogP contribution in [0.25, 0.3) is 0 Å². The number of rotatable bonds is 5. The number of amides is 1. The number of aliphatic hydroxyl groups is 1. The van der Waals surface area contributed by atoms with Crippen LogP contribution in [0, 0.1) is 0 Å². The van der Waals surface area contributed by atoms with Crippen LogP contribution in [0.3, 0.4) is 0 Å². The van der Waals surface area contributed by atoms with Crippen molar-refractivity contribution in [3.8, 4) is 0 Å². The van der Waals surface area contributed by atoms with E-state index in [-0.39, 0.29) is 5.91 Å². The van der Waals surface area contributed by atoms with Crippen LogP contribution in [-0.2, 0) is 4.79 Å². The Bertz CT molecular complexity index is 375. The number of benzene rings is 1. The molecule has 4 heteroatoms. The van der Waals surface area contributed by atoms with Crippen molar-refractivity contribution in [2.75, 3.05) is 24.3 Å². The highest BCUT2D eigenvalue weighted by atomic mass is 16.3. The molecule has 17 heavy (non-hydrogen) atoms. The summed E-state index contributed by atoms with van der Waals surface area (Å²) in [7, 11) is 3.86. The fourth-order valence-electron chi connectivity index (χ4n) is 1.52. The maximum atomic E-state index is 11.7. The van der Waals surface area contributed by atoms with Gasteiger partial charge in [-0.2, -0.15) is 0 Å². The van der Waals surface area contributed by atoms with Gasteiger partial charge in [0.1, 0.15) is 0 Å². The summed E-state index contributed by atoms with van der Waals surface area (Å²) in [4.78, 5) is 13.6. The molecule has 0 spiro atoms. The van der Waals surface area contributed by atoms with Gasteiger partial charge >= 0.3 is 0 Å². The van der Waals surface area contributed by atoms with Crippen LogP contribution in [0.5, 0.6) is 0 Å². The number of carbonyl (C=O) groups excluding carboxylic acids is 1. The number of para-hydroxylation sites is 2. The van der Waals surface area contributed by atoms with Gasteiger partial charge in [-0.15, -0.1) is 0 Å². The van der Waals surface area contributed by atoms with E-state index in [1.54, 1.807) is 6.92 Å². The number of hydrogen-bond acceptors (Lipinski definition) is 3. The van der Waals surface area contributed by atoms with Gasteiger partial charge in [-0.1, -0.05) is 12.1 Å². The zero-order valence-corrected chi connectivity index (χ0v) is 10.6. The molecule has 0 heterocycles. The van der Waals surface area contributed by atoms with Gasteiger partial charge in [0.25, 0.3) is 0 Å². The number of aliphatic hydroxyl groups excluding tert-OH is 1. The fourth-order valence-corrected chi connectivity index (χ4v) is 1.52. The molecule has 1 unspecified atom stereocenters. The Morgan fingerprint density at radius 2 is 2.06 bits per heavy atom. The van der Waals surface area contributed by atoms with Crippen molar-refractivity contribution in [2.45, 2.75) is 25.9 Å². The molecule has 0 aliphatic heterocycles. The van der Waals surface area contributed by atoms with E-state index in [1.165, 1.54) is 0 Å². The van der Waals surface area contributed by atoms with Gasteiger partial charge in [-0.25, -0.2) is 0 Å². The number of nitrogens with one attached hydrogen (secondary N) is 1. The average Bonchev–Trinajstić information content (AvgIpc) is 2.27. The molecule has 2 N–H and O–H groups in total. The lowest BCUT2D eigenvalue weighted by Crippen LogP contribution is -2.17. The summed E-state index contributed by atoms with van der Waals surface area (Å²) in [5.74, 6) is -0.0693. The van der Waals surface area contributed by atoms with Gasteiger partial charge in [-0.05, 0) is 25.5 Å². The van der Waals surface area contributed by atoms with Crippen molar-refractivity contribution in [2.24, 2.45) is 0 Å². The monoisotopic (exact) mass is 236 g/mol. The zero-order valence-electron chi connectivity index (χ0n) is 10.6. The lowest BCUT2D eigenvalue weighted by Gasteiger charge is -2.17. The molecule has 0 aliphatic rings. The largest absolute Gasteiger partial charge is 0.393 e. The predicted octanol–water partition coefficient (Wildman–Crippen LogP) is 1.85. The molecule has 0 fully saturated rings. The van der Waals surface area contributed by atoms with E-state index >= 15 is 0 Å². The number of carbonyl (C=O) groups is 1. The van der Waals surface area contributed by atoms with E-state index in [0.29, 0.717) is 12.8 Å². The number of nitrogens with zero attached hydrogens (tertiary/aromatic N) is 1. The molecule has 1 aromatic carbocycles. The second kappa shape index (κ2) is 6.25. The van der Waals surface area contributed by atoms with Crippen LogP contribution in [0.15, 0.2) is 24.3 Å². The molecule has 94 valence electrons. The zero-order chi connectivity index (χ0) is 12.8. The fraction of sp³-hybridized carbons (Fsp3) is 0.462. The molecule has 0 bridgehead atoms. The first kappa shape index (κ1) is 13.5. The van der Waals surface area contributed by atoms with Crippen LogP contribution in [-0.4, -0.2) is 31.2 Å². The van der Waals surface area contributed by atoms with Gasteiger partial charge < -0.3 is 15.3 Å². The first-order valence-electron chi connectivity index (χ1n) is 5.75. The first-order chi connectivity index (χ1) is 8.00. The molecule has 1 rings (SSSR count). The average molecular weight is 236 g/mol. The van der Waals surface area contributed by atoms with E-state index in [9.17, 15) is 4.79 Å². The van der Waals surface area contributed by atoms with Crippen molar-refractivity contribution < 1.29 is 9.90 Å². The minimum Gasteiger partial charge on any atom is -0.393 e. The summed E-state index contributed by atoms with van der Waals surface area (Å²) in [6.07, 6.45) is 0.375. The molecule has 0 aliphatic carbocycles. The van der Waals surface area contributed by atoms with Crippen LogP contribution >= 0.6 is 0 Å². The van der Waals surface area contributed by atoms with Crippen LogP contribution in [0.4, 0.5) is 11.4 Å². The Hall–Kier alpha value is -1.55. The maximum Gasteiger partial charge on any atom is 0.224 e. The van der Waals surface area contributed by atoms with Gasteiger partial charge in [-0.3, -0.25) is 4.79 Å². The van der Waals surface area contributed by atoms with Crippen molar-refractivity contribution in [3.05, 3.63) is 24.3 Å². The second-order valence-corrected chi connectivity index (χ2v) is 4.35. The summed E-state index contributed by atoms with van der Waals surface area (Å²) >= 11 is 0. The van der Waals surface area contributed by atoms with Gasteiger partial charge in [0.05, 0.1) is 17.5 Å². The van der Waals surface area contributed by atoms with E-state index in [0.717, 1.165) is 11.4 Å². The lowest BCUT2D eigenvalue weighted by atomic mass is 10.2. The summed E-state index contributed by atoms with van der Waals surface area (Å²) in [5.41, 5.74) is 1.77. The standard InChI is InChI=1S/C13H20N2O2/c1-10(16)8-9-13(17)14-11-6-4-5-7-12(11)15(2)3/h4-7,10,16H,8-9H2,1-3H3,(H,14,17). The predicted molar refractivity (Wildman–Crippen MR) is 70.3 cm³/mol. The Morgan fingerprint density at radius 3 is 2.65 bits per heavy atom. The third kappa shape index (κ3) is 4.44. The SMILES string of the molecule is CC(O)CCC(=O)Nc1ccccc1N(C)C. The van der Waals surface area contributed by atoms with Gasteiger partial charge in [0.15, 0.2) is 0 Å². The Balaban J connectivity index is 2.65. The third-order valence-corrected chi connectivity index (χ3v) is 2.45. The Labute approximate surface area is 102 Å². The van der Waals surface area contributed by atoms with Crippen LogP contribution < -0.4 is 10.2 Å². The highest BCUT2D eigenvalue weighted by Gasteiger charge is 2.08. The molecule has 1 atom stereocenters. The smallest absolute Gasteiger partial charge is 0.224 e. The summed E-state index contributed by atoms with van der Waals surface area (Å²) in [5, 5.41) is 12.0. The highest BCUT2D eigenvalue weighted by Crippen LogP contribution is 2.23. The normalized spacial score (nSPS) is 12.0. The van der Waals surface area contributed by atoms with E-state index < -0.39 is 6.10 Å². The molecular weight excluding hydrogens is 216 g/mol. The molecule has 1 amide bonds. The Morgan fingerprint density at radius 1 is 1.41 bits per heavy atom. The topological polar surface area (TPSA) is 52.6 Å². The van der Waals surface area contributed by atoms with Crippen molar-refractivity contribution in [1.82, 2.24) is 0 Å².